The maximum atomic E-state index is 12.7. The standard InChI is InChI=1S/C17H19N3O4S/c1-10-7-13(23-4)5-6-14(10)20-25(21,22)17-9-16(24-12(17)3)15-8-11(2)18-19-15/h5-9,20H,1-4H3,(H,18,19). The van der Waals surface area contributed by atoms with E-state index in [2.05, 4.69) is 14.9 Å². The van der Waals surface area contributed by atoms with Gasteiger partial charge in [0.2, 0.25) is 0 Å². The molecule has 0 aliphatic rings. The van der Waals surface area contributed by atoms with Gasteiger partial charge < -0.3 is 9.15 Å². The number of benzene rings is 1. The van der Waals surface area contributed by atoms with Crippen molar-refractivity contribution in [1.29, 1.82) is 0 Å². The van der Waals surface area contributed by atoms with E-state index < -0.39 is 10.0 Å². The maximum Gasteiger partial charge on any atom is 0.265 e. The summed E-state index contributed by atoms with van der Waals surface area (Å²) in [5.74, 6) is 1.36. The number of ether oxygens (including phenoxy) is 1. The number of nitrogens with zero attached hydrogens (tertiary/aromatic N) is 1. The average Bonchev–Trinajstić information content (AvgIpc) is 3.15. The Hall–Kier alpha value is -2.74. The number of hydrogen-bond donors (Lipinski definition) is 2. The predicted octanol–water partition coefficient (Wildman–Crippen LogP) is 3.40. The van der Waals surface area contributed by atoms with E-state index in [1.807, 2.05) is 6.92 Å². The fraction of sp³-hybridized carbons (Fsp3) is 0.235. The van der Waals surface area contributed by atoms with Crippen molar-refractivity contribution in [3.63, 3.8) is 0 Å². The number of nitrogens with one attached hydrogen (secondary N) is 2. The minimum Gasteiger partial charge on any atom is -0.497 e. The van der Waals surface area contributed by atoms with Gasteiger partial charge in [0.15, 0.2) is 5.76 Å². The van der Waals surface area contributed by atoms with Gasteiger partial charge in [-0.25, -0.2) is 8.42 Å². The Balaban J connectivity index is 1.94. The lowest BCUT2D eigenvalue weighted by molar-refractivity contribution is 0.414. The third-order valence-electron chi connectivity index (χ3n) is 3.80. The second kappa shape index (κ2) is 6.29. The van der Waals surface area contributed by atoms with Crippen molar-refractivity contribution in [3.05, 3.63) is 47.3 Å². The van der Waals surface area contributed by atoms with E-state index in [-0.39, 0.29) is 4.90 Å². The molecule has 0 bridgehead atoms. The molecule has 132 valence electrons. The van der Waals surface area contributed by atoms with Crippen molar-refractivity contribution >= 4 is 15.7 Å². The molecule has 0 aliphatic heterocycles. The van der Waals surface area contributed by atoms with Crippen LogP contribution in [0.4, 0.5) is 5.69 Å². The SMILES string of the molecule is COc1ccc(NS(=O)(=O)c2cc(-c3cc(C)[nH]n3)oc2C)c(C)c1. The molecule has 0 unspecified atom stereocenters. The number of hydrogen-bond acceptors (Lipinski definition) is 5. The molecule has 3 aromatic rings. The highest BCUT2D eigenvalue weighted by molar-refractivity contribution is 7.92. The molecule has 2 N–H and O–H groups in total. The topological polar surface area (TPSA) is 97.2 Å². The van der Waals surface area contributed by atoms with Crippen LogP contribution in [0, 0.1) is 20.8 Å². The number of H-pyrrole nitrogens is 1. The van der Waals surface area contributed by atoms with Gasteiger partial charge in [0.25, 0.3) is 10.0 Å². The number of furan rings is 1. The zero-order chi connectivity index (χ0) is 18.2. The second-order valence-electron chi connectivity index (χ2n) is 5.75. The van der Waals surface area contributed by atoms with Gasteiger partial charge in [-0.1, -0.05) is 0 Å². The Morgan fingerprint density at radius 3 is 2.52 bits per heavy atom. The van der Waals surface area contributed by atoms with Gasteiger partial charge in [-0.3, -0.25) is 9.82 Å². The van der Waals surface area contributed by atoms with Gasteiger partial charge in [0, 0.05) is 11.8 Å². The molecule has 0 atom stereocenters. The number of methoxy groups -OCH3 is 1. The third-order valence-corrected chi connectivity index (χ3v) is 5.27. The molecule has 7 nitrogen and oxygen atoms in total. The van der Waals surface area contributed by atoms with Crippen LogP contribution in [-0.2, 0) is 10.0 Å². The summed E-state index contributed by atoms with van der Waals surface area (Å²) in [7, 11) is -2.23. The van der Waals surface area contributed by atoms with Crippen LogP contribution in [-0.4, -0.2) is 25.7 Å². The van der Waals surface area contributed by atoms with E-state index in [0.717, 1.165) is 11.3 Å². The van der Waals surface area contributed by atoms with Gasteiger partial charge in [-0.05, 0) is 50.6 Å². The van der Waals surface area contributed by atoms with E-state index in [0.29, 0.717) is 28.7 Å². The van der Waals surface area contributed by atoms with Crippen molar-refractivity contribution in [2.75, 3.05) is 11.8 Å². The molecule has 0 fully saturated rings. The molecule has 2 heterocycles. The molecule has 8 heteroatoms. The first-order valence-corrected chi connectivity index (χ1v) is 9.09. The van der Waals surface area contributed by atoms with Crippen molar-refractivity contribution < 1.29 is 17.6 Å². The maximum absolute atomic E-state index is 12.7. The quantitative estimate of drug-likeness (QED) is 0.726. The monoisotopic (exact) mass is 361 g/mol. The molecule has 3 rings (SSSR count). The second-order valence-corrected chi connectivity index (χ2v) is 7.40. The molecule has 25 heavy (non-hydrogen) atoms. The predicted molar refractivity (Wildman–Crippen MR) is 94.3 cm³/mol. The fourth-order valence-corrected chi connectivity index (χ4v) is 3.79. The average molecular weight is 361 g/mol. The Morgan fingerprint density at radius 2 is 1.92 bits per heavy atom. The summed E-state index contributed by atoms with van der Waals surface area (Å²) < 4.78 is 38.8. The minimum absolute atomic E-state index is 0.0818. The summed E-state index contributed by atoms with van der Waals surface area (Å²) in [6, 6.07) is 8.39. The summed E-state index contributed by atoms with van der Waals surface area (Å²) in [6.07, 6.45) is 0. The van der Waals surface area contributed by atoms with Crippen LogP contribution in [0.5, 0.6) is 5.75 Å². The van der Waals surface area contributed by atoms with Gasteiger partial charge in [-0.2, -0.15) is 5.10 Å². The molecule has 0 saturated heterocycles. The molecular weight excluding hydrogens is 342 g/mol. The molecule has 0 aliphatic carbocycles. The molecule has 0 spiro atoms. The highest BCUT2D eigenvalue weighted by atomic mass is 32.2. The zero-order valence-electron chi connectivity index (χ0n) is 14.4. The molecular formula is C17H19N3O4S. The number of aromatic amines is 1. The third kappa shape index (κ3) is 3.39. The van der Waals surface area contributed by atoms with Crippen molar-refractivity contribution in [3.8, 4) is 17.2 Å². The first-order chi connectivity index (χ1) is 11.8. The number of aromatic nitrogens is 2. The number of anilines is 1. The first-order valence-electron chi connectivity index (χ1n) is 7.60. The van der Waals surface area contributed by atoms with Crippen molar-refractivity contribution in [2.45, 2.75) is 25.7 Å². The van der Waals surface area contributed by atoms with Gasteiger partial charge in [0.05, 0.1) is 12.8 Å². The van der Waals surface area contributed by atoms with Crippen LogP contribution < -0.4 is 9.46 Å². The summed E-state index contributed by atoms with van der Waals surface area (Å²) in [4.78, 5) is 0.0818. The van der Waals surface area contributed by atoms with Crippen LogP contribution in [0.1, 0.15) is 17.0 Å². The zero-order valence-corrected chi connectivity index (χ0v) is 15.2. The number of rotatable bonds is 5. The van der Waals surface area contributed by atoms with Crippen molar-refractivity contribution in [2.24, 2.45) is 0 Å². The molecule has 1 aromatic carbocycles. The van der Waals surface area contributed by atoms with E-state index in [1.165, 1.54) is 6.07 Å². The molecule has 2 aromatic heterocycles. The van der Waals surface area contributed by atoms with E-state index in [1.54, 1.807) is 45.2 Å². The fourth-order valence-electron chi connectivity index (χ4n) is 2.48. The largest absolute Gasteiger partial charge is 0.497 e. The van der Waals surface area contributed by atoms with Crippen LogP contribution in [0.15, 0.2) is 39.6 Å². The van der Waals surface area contributed by atoms with E-state index in [4.69, 9.17) is 9.15 Å². The van der Waals surface area contributed by atoms with Gasteiger partial charge in [-0.15, -0.1) is 0 Å². The Kier molecular flexibility index (Phi) is 4.30. The molecule has 0 radical (unpaired) electrons. The lowest BCUT2D eigenvalue weighted by atomic mass is 10.2. The van der Waals surface area contributed by atoms with Crippen LogP contribution in [0.25, 0.3) is 11.5 Å². The van der Waals surface area contributed by atoms with Crippen molar-refractivity contribution in [1.82, 2.24) is 10.2 Å². The smallest absolute Gasteiger partial charge is 0.265 e. The summed E-state index contributed by atoms with van der Waals surface area (Å²) in [6.45, 7) is 5.27. The number of sulfonamides is 1. The lowest BCUT2D eigenvalue weighted by Gasteiger charge is -2.11. The van der Waals surface area contributed by atoms with E-state index >= 15 is 0 Å². The van der Waals surface area contributed by atoms with Gasteiger partial charge >= 0.3 is 0 Å². The van der Waals surface area contributed by atoms with Gasteiger partial charge in [0.1, 0.15) is 22.1 Å². The van der Waals surface area contributed by atoms with E-state index in [9.17, 15) is 8.42 Å². The summed E-state index contributed by atoms with van der Waals surface area (Å²) in [5.41, 5.74) is 2.66. The molecule has 0 amide bonds. The van der Waals surface area contributed by atoms with Crippen LogP contribution >= 0.6 is 0 Å². The van der Waals surface area contributed by atoms with Crippen LogP contribution in [0.2, 0.25) is 0 Å². The summed E-state index contributed by atoms with van der Waals surface area (Å²) in [5, 5.41) is 6.90. The summed E-state index contributed by atoms with van der Waals surface area (Å²) >= 11 is 0. The highest BCUT2D eigenvalue weighted by Crippen LogP contribution is 2.30. The normalized spacial score (nSPS) is 11.5. The number of aryl methyl sites for hydroxylation is 3. The Labute approximate surface area is 146 Å². The molecule has 0 saturated carbocycles. The minimum atomic E-state index is -3.79. The van der Waals surface area contributed by atoms with Crippen LogP contribution in [0.3, 0.4) is 0 Å². The highest BCUT2D eigenvalue weighted by Gasteiger charge is 2.23. The Bertz CT molecular complexity index is 1020. The first kappa shape index (κ1) is 17.1. The lowest BCUT2D eigenvalue weighted by Crippen LogP contribution is -2.14. The Morgan fingerprint density at radius 1 is 1.16 bits per heavy atom.